The monoisotopic (exact) mass is 206 g/mol. The normalized spacial score (nSPS) is 10.9. The van der Waals surface area contributed by atoms with E-state index in [1.807, 2.05) is 38.1 Å². The number of rotatable bonds is 4. The average Bonchev–Trinajstić information content (AvgIpc) is 2.16. The lowest BCUT2D eigenvalue weighted by Gasteiger charge is -2.09. The van der Waals surface area contributed by atoms with Crippen LogP contribution < -0.4 is 4.74 Å². The summed E-state index contributed by atoms with van der Waals surface area (Å²) in [6.45, 7) is 3.91. The molecule has 0 unspecified atom stereocenters. The Bertz CT molecular complexity index is 350. The van der Waals surface area contributed by atoms with Crippen molar-refractivity contribution in [3.05, 3.63) is 35.9 Å². The molecule has 3 heteroatoms. The van der Waals surface area contributed by atoms with Gasteiger partial charge in [0.2, 0.25) is 0 Å². The van der Waals surface area contributed by atoms with Gasteiger partial charge in [0, 0.05) is 6.08 Å². The Morgan fingerprint density at radius 2 is 1.93 bits per heavy atom. The molecule has 0 saturated heterocycles. The Balaban J connectivity index is 2.68. The standard InChI is InChI=1S/C12H14O3/c1-9(2)15-11-6-3-10(4-7-11)5-8-12(13)14/h3-9H,1-2H3,(H,13,14)/b8-5-. The summed E-state index contributed by atoms with van der Waals surface area (Å²) in [4.78, 5) is 10.3. The highest BCUT2D eigenvalue weighted by molar-refractivity contribution is 5.85. The van der Waals surface area contributed by atoms with E-state index in [9.17, 15) is 4.79 Å². The quantitative estimate of drug-likeness (QED) is 0.770. The summed E-state index contributed by atoms with van der Waals surface area (Å²) in [6, 6.07) is 7.28. The van der Waals surface area contributed by atoms with Crippen LogP contribution in [-0.4, -0.2) is 17.2 Å². The minimum absolute atomic E-state index is 0.144. The molecule has 0 fully saturated rings. The van der Waals surface area contributed by atoms with E-state index in [2.05, 4.69) is 0 Å². The largest absolute Gasteiger partial charge is 0.491 e. The molecule has 1 aromatic rings. The van der Waals surface area contributed by atoms with Crippen LogP contribution >= 0.6 is 0 Å². The van der Waals surface area contributed by atoms with Crippen molar-refractivity contribution >= 4 is 12.0 Å². The molecule has 0 radical (unpaired) electrons. The van der Waals surface area contributed by atoms with Gasteiger partial charge >= 0.3 is 5.97 Å². The maximum absolute atomic E-state index is 10.3. The van der Waals surface area contributed by atoms with Crippen molar-refractivity contribution in [2.24, 2.45) is 0 Å². The van der Waals surface area contributed by atoms with Crippen molar-refractivity contribution in [3.63, 3.8) is 0 Å². The molecular weight excluding hydrogens is 192 g/mol. The summed E-state index contributed by atoms with van der Waals surface area (Å²) in [6.07, 6.45) is 2.80. The van der Waals surface area contributed by atoms with Crippen molar-refractivity contribution in [2.45, 2.75) is 20.0 Å². The number of hydrogen-bond donors (Lipinski definition) is 1. The predicted octanol–water partition coefficient (Wildman–Crippen LogP) is 2.57. The number of ether oxygens (including phenoxy) is 1. The first-order valence-corrected chi connectivity index (χ1v) is 4.75. The number of aliphatic carboxylic acids is 1. The summed E-state index contributed by atoms with van der Waals surface area (Å²) in [5, 5.41) is 8.44. The van der Waals surface area contributed by atoms with Crippen molar-refractivity contribution < 1.29 is 14.6 Å². The number of carboxylic acid groups (broad SMARTS) is 1. The van der Waals surface area contributed by atoms with Crippen LogP contribution in [0.4, 0.5) is 0 Å². The molecule has 3 nitrogen and oxygen atoms in total. The number of carbonyl (C=O) groups is 1. The molecule has 0 aromatic heterocycles. The molecule has 80 valence electrons. The molecule has 0 heterocycles. The summed E-state index contributed by atoms with van der Waals surface area (Å²) in [5.74, 6) is -0.157. The van der Waals surface area contributed by atoms with Gasteiger partial charge in [0.1, 0.15) is 5.75 Å². The van der Waals surface area contributed by atoms with Gasteiger partial charge in [-0.15, -0.1) is 0 Å². The Hall–Kier alpha value is -1.77. The average molecular weight is 206 g/mol. The Labute approximate surface area is 89.0 Å². The fourth-order valence-electron chi connectivity index (χ4n) is 1.10. The molecule has 0 atom stereocenters. The summed E-state index contributed by atoms with van der Waals surface area (Å²) < 4.78 is 5.45. The van der Waals surface area contributed by atoms with Gasteiger partial charge in [-0.3, -0.25) is 0 Å². The topological polar surface area (TPSA) is 46.5 Å². The SMILES string of the molecule is CC(C)Oc1ccc(/C=C\C(=O)O)cc1. The zero-order valence-electron chi connectivity index (χ0n) is 8.81. The smallest absolute Gasteiger partial charge is 0.328 e. The van der Waals surface area contributed by atoms with Crippen LogP contribution in [0.5, 0.6) is 5.75 Å². The molecule has 1 N–H and O–H groups in total. The summed E-state index contributed by atoms with van der Waals surface area (Å²) >= 11 is 0. The zero-order chi connectivity index (χ0) is 11.3. The van der Waals surface area contributed by atoms with Crippen LogP contribution in [0.3, 0.4) is 0 Å². The molecule has 1 aromatic carbocycles. The Kier molecular flexibility index (Phi) is 3.92. The molecule has 0 spiro atoms. The van der Waals surface area contributed by atoms with E-state index in [4.69, 9.17) is 9.84 Å². The highest BCUT2D eigenvalue weighted by atomic mass is 16.5. The fourth-order valence-corrected chi connectivity index (χ4v) is 1.10. The summed E-state index contributed by atoms with van der Waals surface area (Å²) in [7, 11) is 0. The van der Waals surface area contributed by atoms with Gasteiger partial charge < -0.3 is 9.84 Å². The predicted molar refractivity (Wildman–Crippen MR) is 58.9 cm³/mol. The first-order valence-electron chi connectivity index (χ1n) is 4.75. The van der Waals surface area contributed by atoms with Gasteiger partial charge in [-0.2, -0.15) is 0 Å². The molecule has 0 bridgehead atoms. The van der Waals surface area contributed by atoms with E-state index >= 15 is 0 Å². The van der Waals surface area contributed by atoms with E-state index in [0.717, 1.165) is 17.4 Å². The van der Waals surface area contributed by atoms with Gasteiger partial charge in [0.05, 0.1) is 6.10 Å². The lowest BCUT2D eigenvalue weighted by Crippen LogP contribution is -2.05. The fraction of sp³-hybridized carbons (Fsp3) is 0.250. The van der Waals surface area contributed by atoms with Gasteiger partial charge in [-0.05, 0) is 37.6 Å². The third-order valence-electron chi connectivity index (χ3n) is 1.67. The lowest BCUT2D eigenvalue weighted by molar-refractivity contribution is -0.131. The maximum atomic E-state index is 10.3. The Morgan fingerprint density at radius 3 is 2.40 bits per heavy atom. The van der Waals surface area contributed by atoms with Crippen LogP contribution in [0.25, 0.3) is 6.08 Å². The second kappa shape index (κ2) is 5.20. The van der Waals surface area contributed by atoms with Crippen LogP contribution in [0.1, 0.15) is 19.4 Å². The van der Waals surface area contributed by atoms with Crippen molar-refractivity contribution in [1.29, 1.82) is 0 Å². The minimum atomic E-state index is -0.947. The lowest BCUT2D eigenvalue weighted by atomic mass is 10.2. The second-order valence-corrected chi connectivity index (χ2v) is 3.41. The van der Waals surface area contributed by atoms with E-state index in [1.54, 1.807) is 6.08 Å². The number of carboxylic acids is 1. The molecule has 15 heavy (non-hydrogen) atoms. The Morgan fingerprint density at radius 1 is 1.33 bits per heavy atom. The summed E-state index contributed by atoms with van der Waals surface area (Å²) in [5.41, 5.74) is 0.841. The first-order chi connectivity index (χ1) is 7.08. The van der Waals surface area contributed by atoms with Crippen LogP contribution in [0.15, 0.2) is 30.3 Å². The van der Waals surface area contributed by atoms with Crippen LogP contribution in [0.2, 0.25) is 0 Å². The maximum Gasteiger partial charge on any atom is 0.328 e. The molecular formula is C12H14O3. The molecule has 0 aliphatic carbocycles. The molecule has 0 aliphatic heterocycles. The van der Waals surface area contributed by atoms with Gasteiger partial charge in [-0.1, -0.05) is 12.1 Å². The van der Waals surface area contributed by atoms with E-state index in [-0.39, 0.29) is 6.10 Å². The van der Waals surface area contributed by atoms with Crippen molar-refractivity contribution in [3.8, 4) is 5.75 Å². The first kappa shape index (κ1) is 11.3. The van der Waals surface area contributed by atoms with E-state index in [0.29, 0.717) is 0 Å². The van der Waals surface area contributed by atoms with Crippen molar-refractivity contribution in [1.82, 2.24) is 0 Å². The van der Waals surface area contributed by atoms with Crippen LogP contribution in [-0.2, 0) is 4.79 Å². The second-order valence-electron chi connectivity index (χ2n) is 3.41. The molecule has 0 amide bonds. The van der Waals surface area contributed by atoms with Gasteiger partial charge in [-0.25, -0.2) is 4.79 Å². The van der Waals surface area contributed by atoms with E-state index < -0.39 is 5.97 Å². The highest BCUT2D eigenvalue weighted by Crippen LogP contribution is 2.14. The molecule has 0 aliphatic rings. The number of hydrogen-bond acceptors (Lipinski definition) is 2. The zero-order valence-corrected chi connectivity index (χ0v) is 8.81. The van der Waals surface area contributed by atoms with Gasteiger partial charge in [0.15, 0.2) is 0 Å². The third kappa shape index (κ3) is 4.31. The van der Waals surface area contributed by atoms with Crippen LogP contribution in [0, 0.1) is 0 Å². The van der Waals surface area contributed by atoms with E-state index in [1.165, 1.54) is 0 Å². The third-order valence-corrected chi connectivity index (χ3v) is 1.67. The number of benzene rings is 1. The van der Waals surface area contributed by atoms with Crippen molar-refractivity contribution in [2.75, 3.05) is 0 Å². The highest BCUT2D eigenvalue weighted by Gasteiger charge is 1.96. The van der Waals surface area contributed by atoms with Gasteiger partial charge in [0.25, 0.3) is 0 Å². The minimum Gasteiger partial charge on any atom is -0.491 e. The molecule has 0 saturated carbocycles. The molecule has 1 rings (SSSR count).